The second-order valence-corrected chi connectivity index (χ2v) is 6.60. The normalized spacial score (nSPS) is 25.8. The van der Waals surface area contributed by atoms with Crippen molar-refractivity contribution in [3.05, 3.63) is 0 Å². The molecule has 4 nitrogen and oxygen atoms in total. The fraction of sp³-hybridized carbons (Fsp3) is 0.857. The molecule has 1 aliphatic heterocycles. The molecule has 2 aliphatic rings. The molecule has 1 heterocycles. The molecular weight excluding hydrogens is 226 g/mol. The maximum atomic E-state index is 11.9. The standard InChI is InChI=1S/C14H25N3O/c1-14(2,3)17-13-15-11(12(18)16-13)9-10-7-5-4-6-8-10/h10-11H,4-9H2,1-3H3,(H2,15,16,17,18). The van der Waals surface area contributed by atoms with Gasteiger partial charge in [0.25, 0.3) is 5.91 Å². The Morgan fingerprint density at radius 3 is 2.56 bits per heavy atom. The molecule has 1 aliphatic carbocycles. The summed E-state index contributed by atoms with van der Waals surface area (Å²) in [6.07, 6.45) is 7.43. The van der Waals surface area contributed by atoms with Crippen LogP contribution < -0.4 is 10.6 Å². The predicted octanol–water partition coefficient (Wildman–Crippen LogP) is 2.20. The van der Waals surface area contributed by atoms with Crippen LogP contribution in [0.4, 0.5) is 0 Å². The lowest BCUT2D eigenvalue weighted by molar-refractivity contribution is -0.120. The van der Waals surface area contributed by atoms with Crippen LogP contribution in [-0.4, -0.2) is 23.4 Å². The van der Waals surface area contributed by atoms with Crippen molar-refractivity contribution in [2.75, 3.05) is 0 Å². The quantitative estimate of drug-likeness (QED) is 0.790. The molecule has 1 atom stereocenters. The lowest BCUT2D eigenvalue weighted by atomic mass is 9.85. The van der Waals surface area contributed by atoms with Gasteiger partial charge in [-0.1, -0.05) is 32.1 Å². The first-order chi connectivity index (χ1) is 8.44. The Morgan fingerprint density at radius 2 is 1.94 bits per heavy atom. The highest BCUT2D eigenvalue weighted by atomic mass is 16.2. The van der Waals surface area contributed by atoms with Crippen molar-refractivity contribution in [1.29, 1.82) is 0 Å². The zero-order chi connectivity index (χ0) is 13.2. The van der Waals surface area contributed by atoms with Crippen molar-refractivity contribution in [3.63, 3.8) is 0 Å². The van der Waals surface area contributed by atoms with Crippen LogP contribution in [0.1, 0.15) is 59.3 Å². The van der Waals surface area contributed by atoms with Crippen molar-refractivity contribution in [3.8, 4) is 0 Å². The first-order valence-corrected chi connectivity index (χ1v) is 7.11. The summed E-state index contributed by atoms with van der Waals surface area (Å²) in [5, 5.41) is 6.08. The molecule has 4 heteroatoms. The number of carbonyl (C=O) groups excluding carboxylic acids is 1. The Morgan fingerprint density at radius 1 is 1.28 bits per heavy atom. The van der Waals surface area contributed by atoms with E-state index in [4.69, 9.17) is 0 Å². The Labute approximate surface area is 110 Å². The Kier molecular flexibility index (Phi) is 3.93. The highest BCUT2D eigenvalue weighted by molar-refractivity contribution is 6.05. The van der Waals surface area contributed by atoms with E-state index < -0.39 is 0 Å². The van der Waals surface area contributed by atoms with Crippen LogP contribution in [0.5, 0.6) is 0 Å². The summed E-state index contributed by atoms with van der Waals surface area (Å²) in [4.78, 5) is 16.4. The minimum absolute atomic E-state index is 0.0623. The second-order valence-electron chi connectivity index (χ2n) is 6.60. The molecule has 0 aromatic carbocycles. The van der Waals surface area contributed by atoms with Gasteiger partial charge in [-0.2, -0.15) is 0 Å². The minimum atomic E-state index is -0.169. The van der Waals surface area contributed by atoms with Gasteiger partial charge in [0, 0.05) is 5.54 Å². The number of guanidine groups is 1. The average Bonchev–Trinajstić information content (AvgIpc) is 2.58. The van der Waals surface area contributed by atoms with E-state index in [-0.39, 0.29) is 17.5 Å². The summed E-state index contributed by atoms with van der Waals surface area (Å²) in [5.41, 5.74) is -0.0636. The number of aliphatic imine (C=N–C) groups is 1. The van der Waals surface area contributed by atoms with E-state index in [0.717, 1.165) is 6.42 Å². The van der Waals surface area contributed by atoms with Gasteiger partial charge < -0.3 is 5.32 Å². The monoisotopic (exact) mass is 251 g/mol. The topological polar surface area (TPSA) is 53.5 Å². The zero-order valence-corrected chi connectivity index (χ0v) is 11.8. The van der Waals surface area contributed by atoms with Gasteiger partial charge in [-0.25, -0.2) is 4.99 Å². The summed E-state index contributed by atoms with van der Waals surface area (Å²) >= 11 is 0. The van der Waals surface area contributed by atoms with E-state index in [1.54, 1.807) is 0 Å². The van der Waals surface area contributed by atoms with E-state index in [9.17, 15) is 4.79 Å². The number of hydrogen-bond donors (Lipinski definition) is 2. The SMILES string of the molecule is CC(C)(C)NC1=NC(CC2CCCCC2)C(=O)N1. The van der Waals surface area contributed by atoms with Crippen LogP contribution in [0.2, 0.25) is 0 Å². The van der Waals surface area contributed by atoms with Crippen LogP contribution in [0.15, 0.2) is 4.99 Å². The molecule has 1 saturated carbocycles. The predicted molar refractivity (Wildman–Crippen MR) is 73.4 cm³/mol. The first-order valence-electron chi connectivity index (χ1n) is 7.11. The third kappa shape index (κ3) is 3.72. The number of nitrogens with one attached hydrogen (secondary N) is 2. The van der Waals surface area contributed by atoms with Gasteiger partial charge in [-0.05, 0) is 33.1 Å². The van der Waals surface area contributed by atoms with Gasteiger partial charge in [0.05, 0.1) is 0 Å². The van der Waals surface area contributed by atoms with Gasteiger partial charge in [-0.3, -0.25) is 10.1 Å². The maximum absolute atomic E-state index is 11.9. The molecule has 0 saturated heterocycles. The molecule has 1 fully saturated rings. The van der Waals surface area contributed by atoms with Gasteiger partial charge in [0.1, 0.15) is 6.04 Å². The van der Waals surface area contributed by atoms with E-state index in [1.807, 2.05) is 0 Å². The summed E-state index contributed by atoms with van der Waals surface area (Å²) < 4.78 is 0. The minimum Gasteiger partial charge on any atom is -0.351 e. The fourth-order valence-electron chi connectivity index (χ4n) is 2.76. The number of carbonyl (C=O) groups is 1. The first kappa shape index (κ1) is 13.4. The lowest BCUT2D eigenvalue weighted by Crippen LogP contribution is -2.46. The Hall–Kier alpha value is -1.06. The molecular formula is C14H25N3O. The molecule has 102 valence electrons. The van der Waals surface area contributed by atoms with E-state index in [0.29, 0.717) is 11.9 Å². The highest BCUT2D eigenvalue weighted by Gasteiger charge is 2.30. The molecule has 0 radical (unpaired) electrons. The lowest BCUT2D eigenvalue weighted by Gasteiger charge is -2.22. The molecule has 0 bridgehead atoms. The van der Waals surface area contributed by atoms with Gasteiger partial charge >= 0.3 is 0 Å². The van der Waals surface area contributed by atoms with Crippen molar-refractivity contribution >= 4 is 11.9 Å². The number of hydrogen-bond acceptors (Lipinski definition) is 3. The van der Waals surface area contributed by atoms with Crippen LogP contribution in [0.3, 0.4) is 0 Å². The highest BCUT2D eigenvalue weighted by Crippen LogP contribution is 2.28. The van der Waals surface area contributed by atoms with Crippen LogP contribution in [0.25, 0.3) is 0 Å². The van der Waals surface area contributed by atoms with Crippen LogP contribution in [0, 0.1) is 5.92 Å². The molecule has 0 aromatic heterocycles. The molecule has 0 aromatic rings. The third-order valence-electron chi connectivity index (χ3n) is 3.60. The third-order valence-corrected chi connectivity index (χ3v) is 3.60. The van der Waals surface area contributed by atoms with Crippen molar-refractivity contribution in [2.45, 2.75) is 70.9 Å². The smallest absolute Gasteiger partial charge is 0.251 e. The molecule has 2 rings (SSSR count). The van der Waals surface area contributed by atoms with Gasteiger partial charge in [-0.15, -0.1) is 0 Å². The molecule has 1 amide bonds. The number of amides is 1. The van der Waals surface area contributed by atoms with Gasteiger partial charge in [0.15, 0.2) is 5.96 Å². The number of rotatable bonds is 2. The molecule has 1 unspecified atom stereocenters. The Balaban J connectivity index is 1.90. The summed E-state index contributed by atoms with van der Waals surface area (Å²) in [6.45, 7) is 6.20. The summed E-state index contributed by atoms with van der Waals surface area (Å²) in [6, 6.07) is -0.169. The van der Waals surface area contributed by atoms with E-state index in [2.05, 4.69) is 36.4 Å². The molecule has 2 N–H and O–H groups in total. The zero-order valence-electron chi connectivity index (χ0n) is 11.8. The summed E-state index contributed by atoms with van der Waals surface area (Å²) in [5.74, 6) is 1.40. The van der Waals surface area contributed by atoms with Gasteiger partial charge in [0.2, 0.25) is 0 Å². The van der Waals surface area contributed by atoms with E-state index >= 15 is 0 Å². The van der Waals surface area contributed by atoms with Crippen LogP contribution in [-0.2, 0) is 4.79 Å². The average molecular weight is 251 g/mol. The number of nitrogens with zero attached hydrogens (tertiary/aromatic N) is 1. The Bertz CT molecular complexity index is 337. The van der Waals surface area contributed by atoms with Crippen molar-refractivity contribution < 1.29 is 4.79 Å². The molecule has 18 heavy (non-hydrogen) atoms. The van der Waals surface area contributed by atoms with Crippen molar-refractivity contribution in [2.24, 2.45) is 10.9 Å². The van der Waals surface area contributed by atoms with Crippen molar-refractivity contribution in [1.82, 2.24) is 10.6 Å². The largest absolute Gasteiger partial charge is 0.351 e. The molecule has 0 spiro atoms. The summed E-state index contributed by atoms with van der Waals surface area (Å²) in [7, 11) is 0. The maximum Gasteiger partial charge on any atom is 0.251 e. The second kappa shape index (κ2) is 5.29. The van der Waals surface area contributed by atoms with Crippen LogP contribution >= 0.6 is 0 Å². The van der Waals surface area contributed by atoms with E-state index in [1.165, 1.54) is 32.1 Å². The fourth-order valence-corrected chi connectivity index (χ4v) is 2.76.